The molecule has 9 aromatic carbocycles. The molecule has 0 amide bonds. The van der Waals surface area contributed by atoms with Crippen LogP contribution in [0.5, 0.6) is 0 Å². The van der Waals surface area contributed by atoms with E-state index in [1.165, 1.54) is 10.8 Å². The van der Waals surface area contributed by atoms with Crippen molar-refractivity contribution >= 4 is 21.7 Å². The minimum Gasteiger partial charge on any atom is -0.232 e. The predicted octanol–water partition coefficient (Wildman–Crippen LogP) is 14.6. The highest BCUT2D eigenvalue weighted by Crippen LogP contribution is 2.42. The van der Waals surface area contributed by atoms with Crippen LogP contribution in [0.15, 0.2) is 231 Å². The first-order valence-electron chi connectivity index (χ1n) is 20.6. The molecular formula is C57H38N4. The summed E-state index contributed by atoms with van der Waals surface area (Å²) < 4.78 is 2.12. The fourth-order valence-corrected chi connectivity index (χ4v) is 8.42. The van der Waals surface area contributed by atoms with E-state index in [2.05, 4.69) is 217 Å². The lowest BCUT2D eigenvalue weighted by atomic mass is 9.92. The van der Waals surface area contributed by atoms with Gasteiger partial charge in [0.15, 0.2) is 5.82 Å². The van der Waals surface area contributed by atoms with Crippen LogP contribution in [0.1, 0.15) is 0 Å². The molecule has 0 unspecified atom stereocenters. The van der Waals surface area contributed by atoms with Crippen LogP contribution in [0.3, 0.4) is 0 Å². The van der Waals surface area contributed by atoms with Crippen LogP contribution >= 0.6 is 0 Å². The maximum Gasteiger partial charge on any atom is 0.160 e. The molecule has 61 heavy (non-hydrogen) atoms. The van der Waals surface area contributed by atoms with Crippen molar-refractivity contribution in [2.24, 2.45) is 0 Å². The van der Waals surface area contributed by atoms with E-state index >= 15 is 0 Å². The second kappa shape index (κ2) is 15.5. The van der Waals surface area contributed by atoms with E-state index in [1.807, 2.05) is 18.2 Å². The van der Waals surface area contributed by atoms with Crippen molar-refractivity contribution in [2.45, 2.75) is 0 Å². The van der Waals surface area contributed by atoms with Gasteiger partial charge in [-0.25, -0.2) is 14.6 Å². The molecule has 0 saturated heterocycles. The van der Waals surface area contributed by atoms with Crippen LogP contribution in [0.2, 0.25) is 0 Å². The molecule has 0 N–H and O–H groups in total. The zero-order valence-corrected chi connectivity index (χ0v) is 33.2. The number of para-hydroxylation sites is 1. The van der Waals surface area contributed by atoms with Gasteiger partial charge in [0.05, 0.1) is 22.6 Å². The summed E-state index contributed by atoms with van der Waals surface area (Å²) in [5.41, 5.74) is 15.8. The van der Waals surface area contributed by atoms with Crippen molar-refractivity contribution in [1.82, 2.24) is 19.7 Å². The summed E-state index contributed by atoms with van der Waals surface area (Å²) in [6.07, 6.45) is 0. The summed E-state index contributed by atoms with van der Waals surface area (Å²) in [6.45, 7) is 0. The van der Waals surface area contributed by atoms with Gasteiger partial charge in [0, 0.05) is 33.0 Å². The van der Waals surface area contributed by atoms with E-state index in [-0.39, 0.29) is 0 Å². The molecule has 2 heterocycles. The van der Waals surface area contributed by atoms with Crippen molar-refractivity contribution in [3.05, 3.63) is 231 Å². The minimum absolute atomic E-state index is 0.691. The average Bonchev–Trinajstić information content (AvgIpc) is 3.76. The molecular weight excluding hydrogens is 741 g/mol. The van der Waals surface area contributed by atoms with E-state index in [0.717, 1.165) is 89.3 Å². The Kier molecular flexibility index (Phi) is 9.14. The van der Waals surface area contributed by atoms with Gasteiger partial charge >= 0.3 is 0 Å². The standard InChI is InChI=1S/C57H38N4/c1-5-17-39(18-6-1)45-25-16-27-48(36-45)57-58-52(42-19-7-2-8-20-42)38-53(59-57)47-26-15-24-44(35-47)40-31-33-41(34-32-40)51-37-46-23-13-14-30-50(46)56-54(51)55(43-21-9-3-10-22-43)60-61(56)49-28-11-4-12-29-49/h1-38H. The van der Waals surface area contributed by atoms with Gasteiger partial charge in [-0.1, -0.05) is 194 Å². The Morgan fingerprint density at radius 1 is 0.328 bits per heavy atom. The SMILES string of the molecule is c1ccc(-c2cccc(-c3nc(-c4ccccc4)cc(-c4cccc(-c5ccc(-c6cc7ccccc7c7c6c(-c6ccccc6)nn7-c6ccccc6)cc5)c4)n3)c2)cc1. The summed E-state index contributed by atoms with van der Waals surface area (Å²) in [5, 5.41) is 8.81. The zero-order chi connectivity index (χ0) is 40.5. The van der Waals surface area contributed by atoms with Crippen LogP contribution in [0.4, 0.5) is 0 Å². The van der Waals surface area contributed by atoms with Gasteiger partial charge in [0.25, 0.3) is 0 Å². The largest absolute Gasteiger partial charge is 0.232 e. The maximum absolute atomic E-state index is 5.35. The van der Waals surface area contributed by atoms with Gasteiger partial charge < -0.3 is 0 Å². The van der Waals surface area contributed by atoms with E-state index in [0.29, 0.717) is 5.82 Å². The fraction of sp³-hybridized carbons (Fsp3) is 0. The van der Waals surface area contributed by atoms with Gasteiger partial charge in [-0.05, 0) is 75.2 Å². The Balaban J connectivity index is 1.01. The number of benzene rings is 9. The Labute approximate surface area is 354 Å². The van der Waals surface area contributed by atoms with Crippen molar-refractivity contribution in [2.75, 3.05) is 0 Å². The maximum atomic E-state index is 5.35. The Hall–Kier alpha value is -8.21. The highest BCUT2D eigenvalue weighted by molar-refractivity contribution is 6.17. The second-order valence-corrected chi connectivity index (χ2v) is 15.3. The molecule has 0 aliphatic carbocycles. The Morgan fingerprint density at radius 2 is 0.820 bits per heavy atom. The van der Waals surface area contributed by atoms with Crippen molar-refractivity contribution in [1.29, 1.82) is 0 Å². The molecule has 11 rings (SSSR count). The quantitative estimate of drug-likeness (QED) is 0.154. The molecule has 0 atom stereocenters. The van der Waals surface area contributed by atoms with E-state index in [4.69, 9.17) is 15.1 Å². The zero-order valence-electron chi connectivity index (χ0n) is 33.2. The van der Waals surface area contributed by atoms with Crippen LogP contribution < -0.4 is 0 Å². The van der Waals surface area contributed by atoms with Crippen molar-refractivity contribution < 1.29 is 0 Å². The summed E-state index contributed by atoms with van der Waals surface area (Å²) in [7, 11) is 0. The lowest BCUT2D eigenvalue weighted by molar-refractivity contribution is 0.918. The normalized spacial score (nSPS) is 11.3. The van der Waals surface area contributed by atoms with Crippen LogP contribution in [-0.4, -0.2) is 19.7 Å². The number of rotatable bonds is 8. The van der Waals surface area contributed by atoms with Crippen LogP contribution in [-0.2, 0) is 0 Å². The van der Waals surface area contributed by atoms with E-state index < -0.39 is 0 Å². The topological polar surface area (TPSA) is 43.6 Å². The van der Waals surface area contributed by atoms with Crippen molar-refractivity contribution in [3.63, 3.8) is 0 Å². The van der Waals surface area contributed by atoms with Gasteiger partial charge in [-0.2, -0.15) is 5.10 Å². The van der Waals surface area contributed by atoms with Gasteiger partial charge in [0.2, 0.25) is 0 Å². The smallest absolute Gasteiger partial charge is 0.160 e. The van der Waals surface area contributed by atoms with Crippen LogP contribution in [0, 0.1) is 0 Å². The monoisotopic (exact) mass is 778 g/mol. The molecule has 4 heteroatoms. The summed E-state index contributed by atoms with van der Waals surface area (Å²) >= 11 is 0. The van der Waals surface area contributed by atoms with Gasteiger partial charge in [0.1, 0.15) is 5.69 Å². The molecule has 286 valence electrons. The number of hydrogen-bond acceptors (Lipinski definition) is 3. The third-order valence-electron chi connectivity index (χ3n) is 11.4. The predicted molar refractivity (Wildman–Crippen MR) is 252 cm³/mol. The van der Waals surface area contributed by atoms with Crippen molar-refractivity contribution in [3.8, 4) is 84.2 Å². The second-order valence-electron chi connectivity index (χ2n) is 15.3. The lowest BCUT2D eigenvalue weighted by Gasteiger charge is -2.13. The summed E-state index contributed by atoms with van der Waals surface area (Å²) in [4.78, 5) is 10.3. The third kappa shape index (κ3) is 6.86. The molecule has 4 nitrogen and oxygen atoms in total. The first-order valence-corrected chi connectivity index (χ1v) is 20.6. The van der Waals surface area contributed by atoms with E-state index in [9.17, 15) is 0 Å². The number of aromatic nitrogens is 4. The molecule has 0 saturated carbocycles. The van der Waals surface area contributed by atoms with E-state index in [1.54, 1.807) is 0 Å². The molecule has 0 aliphatic heterocycles. The highest BCUT2D eigenvalue weighted by Gasteiger charge is 2.21. The Bertz CT molecular complexity index is 3320. The molecule has 0 radical (unpaired) electrons. The Morgan fingerprint density at radius 3 is 1.51 bits per heavy atom. The first-order chi connectivity index (χ1) is 30.2. The van der Waals surface area contributed by atoms with Crippen LogP contribution in [0.25, 0.3) is 106 Å². The molecule has 0 fully saturated rings. The first kappa shape index (κ1) is 35.9. The fourth-order valence-electron chi connectivity index (χ4n) is 8.42. The summed E-state index contributed by atoms with van der Waals surface area (Å²) in [5.74, 6) is 0.691. The molecule has 0 spiro atoms. The average molecular weight is 779 g/mol. The van der Waals surface area contributed by atoms with Gasteiger partial charge in [-0.15, -0.1) is 0 Å². The number of hydrogen-bond donors (Lipinski definition) is 0. The molecule has 0 bridgehead atoms. The molecule has 0 aliphatic rings. The molecule has 11 aromatic rings. The number of fused-ring (bicyclic) bond motifs is 3. The summed E-state index contributed by atoms with van der Waals surface area (Å²) in [6, 6.07) is 80.9. The van der Waals surface area contributed by atoms with Gasteiger partial charge in [-0.3, -0.25) is 0 Å². The molecule has 2 aromatic heterocycles. The number of nitrogens with zero attached hydrogens (tertiary/aromatic N) is 4. The minimum atomic E-state index is 0.691. The lowest BCUT2D eigenvalue weighted by Crippen LogP contribution is -1.96. The highest BCUT2D eigenvalue weighted by atomic mass is 15.3. The third-order valence-corrected chi connectivity index (χ3v) is 11.4.